The molecule has 0 aliphatic carbocycles. The van der Waals surface area contributed by atoms with Gasteiger partial charge in [-0.3, -0.25) is 0 Å². The van der Waals surface area contributed by atoms with Crippen LogP contribution in [0.4, 0.5) is 27.5 Å². The lowest BCUT2D eigenvalue weighted by molar-refractivity contribution is 0.594. The Hall–Kier alpha value is -3.15. The van der Waals surface area contributed by atoms with E-state index in [9.17, 15) is 4.39 Å². The summed E-state index contributed by atoms with van der Waals surface area (Å²) in [4.78, 5) is 13.3. The first-order valence-corrected chi connectivity index (χ1v) is 9.52. The first kappa shape index (κ1) is 18.2. The molecule has 0 spiro atoms. The molecule has 1 fully saturated rings. The molecule has 0 unspecified atom stereocenters. The first-order chi connectivity index (χ1) is 13.6. The number of hydrogen-bond donors (Lipinski definition) is 1. The van der Waals surface area contributed by atoms with Crippen molar-refractivity contribution in [2.45, 2.75) is 13.8 Å². The Morgan fingerprint density at radius 2 is 1.64 bits per heavy atom. The first-order valence-electron chi connectivity index (χ1n) is 9.52. The number of rotatable bonds is 4. The number of nitrogens with one attached hydrogen (secondary N) is 1. The summed E-state index contributed by atoms with van der Waals surface area (Å²) in [5.74, 6) is 1.29. The minimum atomic E-state index is -0.174. The molecule has 28 heavy (non-hydrogen) atoms. The molecule has 0 radical (unpaired) electrons. The van der Waals surface area contributed by atoms with Crippen molar-refractivity contribution in [3.8, 4) is 0 Å². The lowest BCUT2D eigenvalue weighted by Crippen LogP contribution is -2.47. The number of para-hydroxylation sites is 1. The number of piperazine rings is 1. The van der Waals surface area contributed by atoms with Crippen molar-refractivity contribution in [2.24, 2.45) is 0 Å². The van der Waals surface area contributed by atoms with E-state index < -0.39 is 0 Å². The molecule has 0 amide bonds. The van der Waals surface area contributed by atoms with Crippen molar-refractivity contribution in [2.75, 3.05) is 41.3 Å². The van der Waals surface area contributed by atoms with Crippen LogP contribution in [0.15, 0.2) is 54.7 Å². The zero-order valence-electron chi connectivity index (χ0n) is 16.2. The average Bonchev–Trinajstić information content (AvgIpc) is 2.72. The summed E-state index contributed by atoms with van der Waals surface area (Å²) in [5.41, 5.74) is 4.18. The molecular formula is C22H24FN5. The summed E-state index contributed by atoms with van der Waals surface area (Å²) in [6, 6.07) is 15.1. The predicted molar refractivity (Wildman–Crippen MR) is 112 cm³/mol. The van der Waals surface area contributed by atoms with Gasteiger partial charge in [0.25, 0.3) is 0 Å². The lowest BCUT2D eigenvalue weighted by atomic mass is 10.1. The van der Waals surface area contributed by atoms with Crippen LogP contribution in [0.1, 0.15) is 11.1 Å². The summed E-state index contributed by atoms with van der Waals surface area (Å²) < 4.78 is 14.0. The van der Waals surface area contributed by atoms with Gasteiger partial charge in [-0.25, -0.2) is 9.37 Å². The van der Waals surface area contributed by atoms with Crippen molar-refractivity contribution in [1.82, 2.24) is 9.97 Å². The van der Waals surface area contributed by atoms with Crippen LogP contribution in [0.2, 0.25) is 0 Å². The number of benzene rings is 2. The van der Waals surface area contributed by atoms with Crippen LogP contribution in [0.3, 0.4) is 0 Å². The number of hydrogen-bond acceptors (Lipinski definition) is 5. The van der Waals surface area contributed by atoms with Gasteiger partial charge in [0.1, 0.15) is 11.6 Å². The summed E-state index contributed by atoms with van der Waals surface area (Å²) in [7, 11) is 0. The molecule has 6 heteroatoms. The van der Waals surface area contributed by atoms with Gasteiger partial charge in [-0.1, -0.05) is 18.2 Å². The van der Waals surface area contributed by atoms with Gasteiger partial charge in [0, 0.05) is 38.1 Å². The van der Waals surface area contributed by atoms with Gasteiger partial charge in [-0.05, 0) is 55.3 Å². The smallest absolute Gasteiger partial charge is 0.227 e. The fourth-order valence-corrected chi connectivity index (χ4v) is 3.39. The molecular weight excluding hydrogens is 353 g/mol. The van der Waals surface area contributed by atoms with Gasteiger partial charge in [0.2, 0.25) is 5.95 Å². The van der Waals surface area contributed by atoms with E-state index in [1.54, 1.807) is 12.3 Å². The Labute approximate surface area is 164 Å². The van der Waals surface area contributed by atoms with Crippen LogP contribution >= 0.6 is 0 Å². The van der Waals surface area contributed by atoms with E-state index in [-0.39, 0.29) is 5.82 Å². The van der Waals surface area contributed by atoms with Gasteiger partial charge >= 0.3 is 0 Å². The Balaban J connectivity index is 1.44. The van der Waals surface area contributed by atoms with Crippen molar-refractivity contribution in [3.63, 3.8) is 0 Å². The highest BCUT2D eigenvalue weighted by molar-refractivity contribution is 5.59. The molecule has 0 atom stereocenters. The van der Waals surface area contributed by atoms with E-state index in [0.29, 0.717) is 11.6 Å². The van der Waals surface area contributed by atoms with Crippen molar-refractivity contribution in [1.29, 1.82) is 0 Å². The molecule has 5 nitrogen and oxygen atoms in total. The highest BCUT2D eigenvalue weighted by atomic mass is 19.1. The monoisotopic (exact) mass is 377 g/mol. The van der Waals surface area contributed by atoms with Crippen LogP contribution in [-0.2, 0) is 0 Å². The zero-order valence-corrected chi connectivity index (χ0v) is 16.2. The molecule has 3 aromatic rings. The minimum absolute atomic E-state index is 0.174. The third-order valence-corrected chi connectivity index (χ3v) is 5.18. The fraction of sp³-hybridized carbons (Fsp3) is 0.273. The SMILES string of the molecule is Cc1ccc(Nc2ccnc(N3CCN(c4ccccc4F)CC3)n2)cc1C. The summed E-state index contributed by atoms with van der Waals surface area (Å²) in [6.45, 7) is 7.17. The van der Waals surface area contributed by atoms with Gasteiger partial charge < -0.3 is 15.1 Å². The zero-order chi connectivity index (χ0) is 19.5. The van der Waals surface area contributed by atoms with E-state index in [0.717, 1.165) is 37.7 Å². The predicted octanol–water partition coefficient (Wildman–Crippen LogP) is 4.30. The van der Waals surface area contributed by atoms with Crippen LogP contribution < -0.4 is 15.1 Å². The van der Waals surface area contributed by atoms with Crippen LogP contribution in [0.5, 0.6) is 0 Å². The maximum atomic E-state index is 14.0. The normalized spacial score (nSPS) is 14.2. The molecule has 4 rings (SSSR count). The number of aromatic nitrogens is 2. The van der Waals surface area contributed by atoms with E-state index in [2.05, 4.69) is 57.1 Å². The molecule has 1 aromatic heterocycles. The Kier molecular flexibility index (Phi) is 5.10. The van der Waals surface area contributed by atoms with Crippen LogP contribution in [0.25, 0.3) is 0 Å². The molecule has 2 heterocycles. The van der Waals surface area contributed by atoms with Gasteiger partial charge in [-0.2, -0.15) is 4.98 Å². The van der Waals surface area contributed by atoms with E-state index in [1.165, 1.54) is 17.2 Å². The minimum Gasteiger partial charge on any atom is -0.366 e. The lowest BCUT2D eigenvalue weighted by Gasteiger charge is -2.36. The molecule has 1 N–H and O–H groups in total. The van der Waals surface area contributed by atoms with Gasteiger partial charge in [0.05, 0.1) is 5.69 Å². The Morgan fingerprint density at radius 3 is 2.39 bits per heavy atom. The molecule has 0 saturated carbocycles. The largest absolute Gasteiger partial charge is 0.366 e. The molecule has 2 aromatic carbocycles. The maximum absolute atomic E-state index is 14.0. The Bertz CT molecular complexity index is 967. The standard InChI is InChI=1S/C22H24FN5/c1-16-7-8-18(15-17(16)2)25-21-9-10-24-22(26-21)28-13-11-27(12-14-28)20-6-4-3-5-19(20)23/h3-10,15H,11-14H2,1-2H3,(H,24,25,26). The van der Waals surface area contributed by atoms with Crippen molar-refractivity contribution >= 4 is 23.1 Å². The number of aryl methyl sites for hydroxylation is 2. The van der Waals surface area contributed by atoms with Gasteiger partial charge in [0.15, 0.2) is 0 Å². The topological polar surface area (TPSA) is 44.3 Å². The second-order valence-electron chi connectivity index (χ2n) is 7.09. The second kappa shape index (κ2) is 7.84. The number of anilines is 4. The highest BCUT2D eigenvalue weighted by Crippen LogP contribution is 2.23. The van der Waals surface area contributed by atoms with Crippen LogP contribution in [-0.4, -0.2) is 36.1 Å². The molecule has 0 bridgehead atoms. The van der Waals surface area contributed by atoms with E-state index in [1.807, 2.05) is 18.2 Å². The third kappa shape index (κ3) is 3.91. The van der Waals surface area contributed by atoms with Crippen LogP contribution in [0, 0.1) is 19.7 Å². The van der Waals surface area contributed by atoms with E-state index in [4.69, 9.17) is 0 Å². The van der Waals surface area contributed by atoms with E-state index >= 15 is 0 Å². The maximum Gasteiger partial charge on any atom is 0.227 e. The van der Waals surface area contributed by atoms with Crippen molar-refractivity contribution < 1.29 is 4.39 Å². The third-order valence-electron chi connectivity index (χ3n) is 5.18. The highest BCUT2D eigenvalue weighted by Gasteiger charge is 2.21. The molecule has 1 saturated heterocycles. The fourth-order valence-electron chi connectivity index (χ4n) is 3.39. The molecule has 144 valence electrons. The Morgan fingerprint density at radius 1 is 0.893 bits per heavy atom. The average molecular weight is 377 g/mol. The molecule has 1 aliphatic heterocycles. The van der Waals surface area contributed by atoms with Gasteiger partial charge in [-0.15, -0.1) is 0 Å². The summed E-state index contributed by atoms with van der Waals surface area (Å²) >= 11 is 0. The van der Waals surface area contributed by atoms with Crippen molar-refractivity contribution in [3.05, 3.63) is 71.7 Å². The number of halogens is 1. The summed E-state index contributed by atoms with van der Waals surface area (Å²) in [5, 5.41) is 3.36. The quantitative estimate of drug-likeness (QED) is 0.734. The summed E-state index contributed by atoms with van der Waals surface area (Å²) in [6.07, 6.45) is 1.77. The number of nitrogens with zero attached hydrogens (tertiary/aromatic N) is 4. The molecule has 1 aliphatic rings. The second-order valence-corrected chi connectivity index (χ2v) is 7.09.